The molecule has 0 aliphatic carbocycles. The average molecular weight is 414 g/mol. The van der Waals surface area contributed by atoms with E-state index in [4.69, 9.17) is 5.21 Å². The van der Waals surface area contributed by atoms with Gasteiger partial charge in [0.05, 0.1) is 11.5 Å². The molecule has 0 saturated heterocycles. The molecule has 1 unspecified atom stereocenters. The minimum atomic E-state index is -4.56. The van der Waals surface area contributed by atoms with E-state index >= 15 is 0 Å². The van der Waals surface area contributed by atoms with Gasteiger partial charge in [-0.3, -0.25) is 14.8 Å². The lowest BCUT2D eigenvalue weighted by Gasteiger charge is -2.17. The fourth-order valence-electron chi connectivity index (χ4n) is 3.04. The van der Waals surface area contributed by atoms with Gasteiger partial charge < -0.3 is 5.32 Å². The molecule has 154 valence electrons. The van der Waals surface area contributed by atoms with Crippen LogP contribution in [0.3, 0.4) is 0 Å². The molecule has 0 saturated carbocycles. The van der Waals surface area contributed by atoms with E-state index in [0.29, 0.717) is 16.8 Å². The number of nitrogens with one attached hydrogen (secondary N) is 2. The Labute approximate surface area is 170 Å². The third-order valence-electron chi connectivity index (χ3n) is 4.44. The summed E-state index contributed by atoms with van der Waals surface area (Å²) in [5.74, 6) is -2.23. The van der Waals surface area contributed by atoms with Gasteiger partial charge in [0.15, 0.2) is 0 Å². The Hall–Kier alpha value is -3.65. The second kappa shape index (κ2) is 8.79. The van der Waals surface area contributed by atoms with E-state index in [9.17, 15) is 22.8 Å². The molecular weight excluding hydrogens is 397 g/mol. The Morgan fingerprint density at radius 3 is 2.17 bits per heavy atom. The number of halogens is 3. The molecule has 0 bridgehead atoms. The lowest BCUT2D eigenvalue weighted by Crippen LogP contribution is -2.27. The van der Waals surface area contributed by atoms with Crippen LogP contribution >= 0.6 is 0 Å². The Kier molecular flexibility index (Phi) is 6.17. The molecule has 3 N–H and O–H groups in total. The molecule has 0 radical (unpaired) electrons. The molecule has 3 aromatic carbocycles. The Morgan fingerprint density at radius 2 is 1.50 bits per heavy atom. The van der Waals surface area contributed by atoms with Crippen molar-refractivity contribution in [3.05, 3.63) is 101 Å². The number of carbonyl (C=O) groups is 2. The number of hydrogen-bond donors (Lipinski definition) is 3. The number of hydrogen-bond acceptors (Lipinski definition) is 3. The predicted octanol–water partition coefficient (Wildman–Crippen LogP) is 4.60. The molecule has 30 heavy (non-hydrogen) atoms. The van der Waals surface area contributed by atoms with Crippen molar-refractivity contribution >= 4 is 17.5 Å². The largest absolute Gasteiger partial charge is 0.416 e. The molecule has 1 atom stereocenters. The quantitative estimate of drug-likeness (QED) is 0.422. The highest BCUT2D eigenvalue weighted by atomic mass is 19.4. The van der Waals surface area contributed by atoms with Crippen molar-refractivity contribution in [3.63, 3.8) is 0 Å². The Morgan fingerprint density at radius 1 is 0.833 bits per heavy atom. The molecule has 0 fully saturated rings. The first-order valence-corrected chi connectivity index (χ1v) is 8.87. The zero-order valence-electron chi connectivity index (χ0n) is 15.5. The van der Waals surface area contributed by atoms with Crippen LogP contribution in [0.1, 0.15) is 33.0 Å². The van der Waals surface area contributed by atoms with Gasteiger partial charge in [-0.25, -0.2) is 5.48 Å². The normalized spacial score (nSPS) is 12.1. The fraction of sp³-hybridized carbons (Fsp3) is 0.0909. The maximum Gasteiger partial charge on any atom is 0.416 e. The van der Waals surface area contributed by atoms with Gasteiger partial charge in [-0.05, 0) is 41.5 Å². The van der Waals surface area contributed by atoms with Gasteiger partial charge in [-0.1, -0.05) is 48.5 Å². The standard InChI is InChI=1S/C22H17F3N2O3/c23-22(24,25)17-10-4-9-16(12-17)20(28)26-18-11-5-8-15(13-18)19(21(29)27-30)14-6-2-1-3-7-14/h1-13,19,30H,(H,26,28)(H,27,29). The second-order valence-corrected chi connectivity index (χ2v) is 6.48. The van der Waals surface area contributed by atoms with Gasteiger partial charge >= 0.3 is 6.18 Å². The van der Waals surface area contributed by atoms with Crippen LogP contribution in [0.4, 0.5) is 18.9 Å². The van der Waals surface area contributed by atoms with Gasteiger partial charge in [-0.2, -0.15) is 13.2 Å². The van der Waals surface area contributed by atoms with Crippen LogP contribution in [0.5, 0.6) is 0 Å². The molecule has 0 spiro atoms. The molecule has 5 nitrogen and oxygen atoms in total. The Balaban J connectivity index is 1.88. The number of anilines is 1. The number of benzene rings is 3. The van der Waals surface area contributed by atoms with E-state index < -0.39 is 29.5 Å². The number of alkyl halides is 3. The van der Waals surface area contributed by atoms with E-state index in [0.717, 1.165) is 18.2 Å². The van der Waals surface area contributed by atoms with Crippen molar-refractivity contribution in [3.8, 4) is 0 Å². The smallest absolute Gasteiger partial charge is 0.322 e. The summed E-state index contributed by atoms with van der Waals surface area (Å²) in [5, 5.41) is 11.7. The van der Waals surface area contributed by atoms with Crippen molar-refractivity contribution in [1.82, 2.24) is 5.48 Å². The molecule has 0 aliphatic heterocycles. The summed E-state index contributed by atoms with van der Waals surface area (Å²) in [6.07, 6.45) is -4.56. The molecule has 0 aromatic heterocycles. The number of amides is 2. The fourth-order valence-corrected chi connectivity index (χ4v) is 3.04. The molecule has 8 heteroatoms. The van der Waals surface area contributed by atoms with Crippen LogP contribution in [-0.4, -0.2) is 17.0 Å². The van der Waals surface area contributed by atoms with Crippen molar-refractivity contribution in [1.29, 1.82) is 0 Å². The van der Waals surface area contributed by atoms with Gasteiger partial charge in [0.1, 0.15) is 0 Å². The van der Waals surface area contributed by atoms with Gasteiger partial charge in [-0.15, -0.1) is 0 Å². The lowest BCUT2D eigenvalue weighted by molar-refractivity contribution is -0.137. The summed E-state index contributed by atoms with van der Waals surface area (Å²) in [7, 11) is 0. The van der Waals surface area contributed by atoms with Gasteiger partial charge in [0.2, 0.25) is 0 Å². The van der Waals surface area contributed by atoms with Crippen LogP contribution in [0.15, 0.2) is 78.9 Å². The van der Waals surface area contributed by atoms with Crippen molar-refractivity contribution in [2.45, 2.75) is 12.1 Å². The van der Waals surface area contributed by atoms with Crippen LogP contribution in [0, 0.1) is 0 Å². The predicted molar refractivity (Wildman–Crippen MR) is 104 cm³/mol. The second-order valence-electron chi connectivity index (χ2n) is 6.48. The highest BCUT2D eigenvalue weighted by Crippen LogP contribution is 2.30. The molecule has 3 rings (SSSR count). The molecule has 0 heterocycles. The monoisotopic (exact) mass is 414 g/mol. The number of carbonyl (C=O) groups excluding carboxylic acids is 2. The van der Waals surface area contributed by atoms with E-state index in [1.807, 2.05) is 0 Å². The maximum absolute atomic E-state index is 12.9. The van der Waals surface area contributed by atoms with Crippen molar-refractivity contribution < 1.29 is 28.0 Å². The molecular formula is C22H17F3N2O3. The first-order chi connectivity index (χ1) is 14.3. The minimum absolute atomic E-state index is 0.150. The summed E-state index contributed by atoms with van der Waals surface area (Å²) in [5.41, 5.74) is 1.95. The first-order valence-electron chi connectivity index (χ1n) is 8.87. The van der Waals surface area contributed by atoms with Crippen LogP contribution in [-0.2, 0) is 11.0 Å². The van der Waals surface area contributed by atoms with E-state index in [1.54, 1.807) is 54.0 Å². The number of rotatable bonds is 5. The lowest BCUT2D eigenvalue weighted by atomic mass is 9.90. The van der Waals surface area contributed by atoms with Crippen LogP contribution < -0.4 is 10.8 Å². The third-order valence-corrected chi connectivity index (χ3v) is 4.44. The zero-order valence-corrected chi connectivity index (χ0v) is 15.5. The van der Waals surface area contributed by atoms with Crippen LogP contribution in [0.2, 0.25) is 0 Å². The van der Waals surface area contributed by atoms with Crippen LogP contribution in [0.25, 0.3) is 0 Å². The molecule has 3 aromatic rings. The number of hydroxylamine groups is 1. The summed E-state index contributed by atoms with van der Waals surface area (Å²) < 4.78 is 38.6. The van der Waals surface area contributed by atoms with Gasteiger partial charge in [0, 0.05) is 11.3 Å². The highest BCUT2D eigenvalue weighted by molar-refractivity contribution is 6.04. The van der Waals surface area contributed by atoms with E-state index in [1.165, 1.54) is 12.1 Å². The van der Waals surface area contributed by atoms with E-state index in [-0.39, 0.29) is 5.56 Å². The highest BCUT2D eigenvalue weighted by Gasteiger charge is 2.31. The first kappa shape index (κ1) is 21.1. The Bertz CT molecular complexity index is 1050. The minimum Gasteiger partial charge on any atom is -0.322 e. The average Bonchev–Trinajstić information content (AvgIpc) is 2.74. The maximum atomic E-state index is 12.9. The summed E-state index contributed by atoms with van der Waals surface area (Å²) in [6.45, 7) is 0. The summed E-state index contributed by atoms with van der Waals surface area (Å²) >= 11 is 0. The molecule has 2 amide bonds. The van der Waals surface area contributed by atoms with Crippen molar-refractivity contribution in [2.24, 2.45) is 0 Å². The topological polar surface area (TPSA) is 78.4 Å². The van der Waals surface area contributed by atoms with E-state index in [2.05, 4.69) is 5.32 Å². The summed E-state index contributed by atoms with van der Waals surface area (Å²) in [6, 6.07) is 19.1. The van der Waals surface area contributed by atoms with Gasteiger partial charge in [0.25, 0.3) is 11.8 Å². The summed E-state index contributed by atoms with van der Waals surface area (Å²) in [4.78, 5) is 24.7. The SMILES string of the molecule is O=C(Nc1cccc(C(C(=O)NO)c2ccccc2)c1)c1cccc(C(F)(F)F)c1. The zero-order chi connectivity index (χ0) is 21.7. The third kappa shape index (κ3) is 4.84. The van der Waals surface area contributed by atoms with Crippen molar-refractivity contribution in [2.75, 3.05) is 5.32 Å². The molecule has 0 aliphatic rings.